The third-order valence-corrected chi connectivity index (χ3v) is 5.45. The van der Waals surface area contributed by atoms with Gasteiger partial charge in [-0.05, 0) is 30.9 Å². The molecule has 0 aliphatic carbocycles. The fraction of sp³-hybridized carbons (Fsp3) is 0.667. The van der Waals surface area contributed by atoms with Crippen LogP contribution in [0.3, 0.4) is 0 Å². The first-order chi connectivity index (χ1) is 9.87. The number of aliphatic hydroxyl groups excluding tert-OH is 1. The van der Waals surface area contributed by atoms with E-state index in [9.17, 15) is 5.11 Å². The molecule has 116 valence electrons. The monoisotopic (exact) mass is 290 g/mol. The van der Waals surface area contributed by atoms with Crippen molar-refractivity contribution < 1.29 is 14.6 Å². The number of fused-ring (bicyclic) bond motifs is 2. The van der Waals surface area contributed by atoms with E-state index in [-0.39, 0.29) is 17.8 Å². The molecule has 1 aromatic rings. The van der Waals surface area contributed by atoms with Crippen molar-refractivity contribution in [3.05, 3.63) is 35.4 Å². The maximum atomic E-state index is 10.4. The fourth-order valence-electron chi connectivity index (χ4n) is 3.92. The lowest BCUT2D eigenvalue weighted by Crippen LogP contribution is -2.47. The van der Waals surface area contributed by atoms with Gasteiger partial charge < -0.3 is 14.6 Å². The van der Waals surface area contributed by atoms with E-state index in [4.69, 9.17) is 9.47 Å². The second-order valence-electron chi connectivity index (χ2n) is 7.17. The molecule has 0 amide bonds. The van der Waals surface area contributed by atoms with E-state index in [0.717, 1.165) is 6.42 Å². The van der Waals surface area contributed by atoms with Crippen molar-refractivity contribution in [2.45, 2.75) is 70.6 Å². The number of aryl methyl sites for hydroxylation is 1. The Hall–Kier alpha value is -0.900. The van der Waals surface area contributed by atoms with E-state index in [1.165, 1.54) is 11.1 Å². The third-order valence-electron chi connectivity index (χ3n) is 5.45. The molecule has 3 rings (SSSR count). The van der Waals surface area contributed by atoms with Crippen molar-refractivity contribution in [1.82, 2.24) is 0 Å². The molecule has 3 heteroatoms. The first-order valence-corrected chi connectivity index (χ1v) is 7.92. The predicted molar refractivity (Wildman–Crippen MR) is 82.1 cm³/mol. The van der Waals surface area contributed by atoms with Crippen molar-refractivity contribution >= 4 is 0 Å². The maximum Gasteiger partial charge on any atom is 0.0998 e. The summed E-state index contributed by atoms with van der Waals surface area (Å²) >= 11 is 0. The van der Waals surface area contributed by atoms with Gasteiger partial charge in [0, 0.05) is 12.8 Å². The molecule has 2 fully saturated rings. The Balaban J connectivity index is 1.73. The van der Waals surface area contributed by atoms with Crippen molar-refractivity contribution in [1.29, 1.82) is 0 Å². The van der Waals surface area contributed by atoms with Gasteiger partial charge in [-0.25, -0.2) is 0 Å². The lowest BCUT2D eigenvalue weighted by Gasteiger charge is -2.35. The summed E-state index contributed by atoms with van der Waals surface area (Å²) in [5.74, 6) is 0.293. The Morgan fingerprint density at radius 2 is 2.05 bits per heavy atom. The molecule has 2 aliphatic rings. The van der Waals surface area contributed by atoms with Crippen LogP contribution in [0.5, 0.6) is 0 Å². The van der Waals surface area contributed by atoms with Gasteiger partial charge in [0.05, 0.1) is 30.0 Å². The van der Waals surface area contributed by atoms with E-state index < -0.39 is 5.60 Å². The minimum absolute atomic E-state index is 0.0582. The summed E-state index contributed by atoms with van der Waals surface area (Å²) in [4.78, 5) is 0. The Bertz CT molecular complexity index is 527. The molecule has 2 bridgehead atoms. The summed E-state index contributed by atoms with van der Waals surface area (Å²) in [6.45, 7) is 9.05. The Kier molecular flexibility index (Phi) is 3.63. The molecule has 4 atom stereocenters. The van der Waals surface area contributed by atoms with Gasteiger partial charge in [0.15, 0.2) is 0 Å². The molecular weight excluding hydrogens is 264 g/mol. The number of ether oxygens (including phenoxy) is 2. The highest BCUT2D eigenvalue weighted by atomic mass is 16.6. The highest BCUT2D eigenvalue weighted by Gasteiger charge is 2.65. The third kappa shape index (κ3) is 2.32. The highest BCUT2D eigenvalue weighted by molar-refractivity contribution is 5.25. The van der Waals surface area contributed by atoms with Crippen LogP contribution in [0.2, 0.25) is 0 Å². The van der Waals surface area contributed by atoms with Gasteiger partial charge in [0.1, 0.15) is 0 Å². The molecule has 0 aromatic heterocycles. The number of benzene rings is 1. The average Bonchev–Trinajstić information content (AvgIpc) is 2.86. The zero-order chi connectivity index (χ0) is 15.3. The van der Waals surface area contributed by atoms with Crippen LogP contribution in [0.25, 0.3) is 0 Å². The van der Waals surface area contributed by atoms with Crippen LogP contribution in [0.1, 0.15) is 44.7 Å². The van der Waals surface area contributed by atoms with Crippen LogP contribution in [-0.2, 0) is 16.1 Å². The van der Waals surface area contributed by atoms with Gasteiger partial charge in [-0.15, -0.1) is 0 Å². The molecule has 1 N–H and O–H groups in total. The van der Waals surface area contributed by atoms with E-state index >= 15 is 0 Å². The standard InChI is InChI=1S/C18H26O3/c1-12(2)18-10-16(17(4,21-18)9-15(18)19)20-11-14-8-6-5-7-13(14)3/h5-8,12,15-16,19H,9-11H2,1-4H3/t15-,16+,17-,18+/m0/s1. The number of hydrogen-bond donors (Lipinski definition) is 1. The van der Waals surface area contributed by atoms with Gasteiger partial charge in [-0.2, -0.15) is 0 Å². The van der Waals surface area contributed by atoms with Crippen molar-refractivity contribution in [2.75, 3.05) is 0 Å². The second kappa shape index (κ2) is 5.08. The highest BCUT2D eigenvalue weighted by Crippen LogP contribution is 2.55. The smallest absolute Gasteiger partial charge is 0.0998 e. The van der Waals surface area contributed by atoms with Crippen molar-refractivity contribution in [2.24, 2.45) is 5.92 Å². The average molecular weight is 290 g/mol. The van der Waals surface area contributed by atoms with Gasteiger partial charge in [-0.1, -0.05) is 38.1 Å². The molecule has 0 saturated carbocycles. The minimum Gasteiger partial charge on any atom is -0.390 e. The van der Waals surface area contributed by atoms with Gasteiger partial charge >= 0.3 is 0 Å². The number of hydrogen-bond acceptors (Lipinski definition) is 3. The zero-order valence-electron chi connectivity index (χ0n) is 13.4. The zero-order valence-corrected chi connectivity index (χ0v) is 13.4. The van der Waals surface area contributed by atoms with E-state index in [1.807, 2.05) is 12.1 Å². The van der Waals surface area contributed by atoms with Gasteiger partial charge in [0.25, 0.3) is 0 Å². The van der Waals surface area contributed by atoms with E-state index in [2.05, 4.69) is 39.8 Å². The molecule has 1 aromatic carbocycles. The normalized spacial score (nSPS) is 38.4. The van der Waals surface area contributed by atoms with Crippen LogP contribution >= 0.6 is 0 Å². The van der Waals surface area contributed by atoms with Crippen LogP contribution < -0.4 is 0 Å². The molecule has 21 heavy (non-hydrogen) atoms. The molecular formula is C18H26O3. The lowest BCUT2D eigenvalue weighted by atomic mass is 9.73. The molecule has 0 spiro atoms. The number of aliphatic hydroxyl groups is 1. The van der Waals surface area contributed by atoms with Crippen LogP contribution in [-0.4, -0.2) is 28.5 Å². The molecule has 3 nitrogen and oxygen atoms in total. The summed E-state index contributed by atoms with van der Waals surface area (Å²) in [5, 5.41) is 10.4. The molecule has 2 heterocycles. The summed E-state index contributed by atoms with van der Waals surface area (Å²) in [5.41, 5.74) is 1.70. The molecule has 2 aliphatic heterocycles. The quantitative estimate of drug-likeness (QED) is 0.925. The topological polar surface area (TPSA) is 38.7 Å². The summed E-state index contributed by atoms with van der Waals surface area (Å²) in [7, 11) is 0. The summed E-state index contributed by atoms with van der Waals surface area (Å²) in [6.07, 6.45) is 1.14. The fourth-order valence-corrected chi connectivity index (χ4v) is 3.92. The first kappa shape index (κ1) is 15.0. The summed E-state index contributed by atoms with van der Waals surface area (Å²) < 4.78 is 12.5. The summed E-state index contributed by atoms with van der Waals surface area (Å²) in [6, 6.07) is 8.31. The second-order valence-corrected chi connectivity index (χ2v) is 7.17. The molecule has 2 saturated heterocycles. The van der Waals surface area contributed by atoms with Crippen molar-refractivity contribution in [3.8, 4) is 0 Å². The Morgan fingerprint density at radius 3 is 2.67 bits per heavy atom. The predicted octanol–water partition coefficient (Wildman–Crippen LogP) is 3.22. The van der Waals surface area contributed by atoms with Gasteiger partial charge in [0.2, 0.25) is 0 Å². The minimum atomic E-state index is -0.425. The lowest BCUT2D eigenvalue weighted by molar-refractivity contribution is -0.107. The maximum absolute atomic E-state index is 10.4. The van der Waals surface area contributed by atoms with Gasteiger partial charge in [-0.3, -0.25) is 0 Å². The Morgan fingerprint density at radius 1 is 1.33 bits per heavy atom. The molecule has 0 unspecified atom stereocenters. The van der Waals surface area contributed by atoms with Crippen LogP contribution in [0.4, 0.5) is 0 Å². The number of rotatable bonds is 4. The van der Waals surface area contributed by atoms with E-state index in [0.29, 0.717) is 18.9 Å². The van der Waals surface area contributed by atoms with E-state index in [1.54, 1.807) is 0 Å². The van der Waals surface area contributed by atoms with Crippen LogP contribution in [0, 0.1) is 12.8 Å². The van der Waals surface area contributed by atoms with Crippen LogP contribution in [0.15, 0.2) is 24.3 Å². The van der Waals surface area contributed by atoms with Crippen molar-refractivity contribution in [3.63, 3.8) is 0 Å². The SMILES string of the molecule is Cc1ccccc1CO[C@@H]1C[C@]2(C(C)C)O[C@@]1(C)C[C@@H]2O. The Labute approximate surface area is 127 Å². The molecule has 0 radical (unpaired) electrons. The first-order valence-electron chi connectivity index (χ1n) is 7.92. The largest absolute Gasteiger partial charge is 0.390 e.